The quantitative estimate of drug-likeness (QED) is 0.848. The average Bonchev–Trinajstić information content (AvgIpc) is 2.52. The van der Waals surface area contributed by atoms with Gasteiger partial charge in [0.05, 0.1) is 6.61 Å². The molecule has 0 bridgehead atoms. The van der Waals surface area contributed by atoms with Crippen LogP contribution in [-0.4, -0.2) is 38.1 Å². The highest BCUT2D eigenvalue weighted by Gasteiger charge is 2.33. The number of anilines is 1. The fourth-order valence-electron chi connectivity index (χ4n) is 3.40. The molecule has 1 aromatic rings. The number of nitrogens with one attached hydrogen (secondary N) is 1. The van der Waals surface area contributed by atoms with E-state index in [1.165, 1.54) is 0 Å². The first-order chi connectivity index (χ1) is 11.0. The molecule has 2 atom stereocenters. The molecule has 0 spiro atoms. The Labute approximate surface area is 138 Å². The van der Waals surface area contributed by atoms with Crippen molar-refractivity contribution in [3.8, 4) is 0 Å². The summed E-state index contributed by atoms with van der Waals surface area (Å²) in [6.45, 7) is 6.86. The van der Waals surface area contributed by atoms with Crippen LogP contribution in [0.3, 0.4) is 0 Å². The first-order valence-electron chi connectivity index (χ1n) is 8.19. The van der Waals surface area contributed by atoms with E-state index in [4.69, 9.17) is 4.74 Å². The van der Waals surface area contributed by atoms with Gasteiger partial charge in [-0.05, 0) is 42.5 Å². The summed E-state index contributed by atoms with van der Waals surface area (Å²) in [5.41, 5.74) is 2.64. The molecule has 0 aromatic heterocycles. The summed E-state index contributed by atoms with van der Waals surface area (Å²) in [5.74, 6) is 0.328. The maximum absolute atomic E-state index is 12.2. The van der Waals surface area contributed by atoms with Crippen molar-refractivity contribution < 1.29 is 14.3 Å². The molecule has 0 aliphatic carbocycles. The molecule has 23 heavy (non-hydrogen) atoms. The number of rotatable bonds is 5. The normalized spacial score (nSPS) is 20.1. The van der Waals surface area contributed by atoms with Crippen molar-refractivity contribution in [3.05, 3.63) is 29.3 Å². The minimum absolute atomic E-state index is 0.0574. The molecule has 1 N–H and O–H groups in total. The van der Waals surface area contributed by atoms with Crippen molar-refractivity contribution >= 4 is 17.5 Å². The molecule has 0 saturated carbocycles. The predicted molar refractivity (Wildman–Crippen MR) is 90.8 cm³/mol. The lowest BCUT2D eigenvalue weighted by Gasteiger charge is -2.40. The third-order valence-electron chi connectivity index (χ3n) is 4.48. The molecule has 1 aliphatic rings. The van der Waals surface area contributed by atoms with E-state index < -0.39 is 0 Å². The summed E-state index contributed by atoms with van der Waals surface area (Å²) >= 11 is 0. The molecular weight excluding hydrogens is 292 g/mol. The summed E-state index contributed by atoms with van der Waals surface area (Å²) in [4.78, 5) is 26.2. The van der Waals surface area contributed by atoms with Crippen molar-refractivity contribution in [1.82, 2.24) is 5.32 Å². The van der Waals surface area contributed by atoms with E-state index in [2.05, 4.69) is 19.2 Å². The molecular formula is C18H26N2O3. The van der Waals surface area contributed by atoms with Gasteiger partial charge in [0.1, 0.15) is 0 Å². The number of benzene rings is 1. The molecule has 2 rings (SSSR count). The number of hydrogen-bond acceptors (Lipinski definition) is 3. The Bertz CT molecular complexity index is 586. The Morgan fingerprint density at radius 1 is 1.39 bits per heavy atom. The molecule has 5 nitrogen and oxygen atoms in total. The number of hydrogen-bond donors (Lipinski definition) is 1. The first-order valence-corrected chi connectivity index (χ1v) is 8.19. The molecule has 1 aromatic carbocycles. The molecule has 0 unspecified atom stereocenters. The fourth-order valence-corrected chi connectivity index (χ4v) is 3.40. The second-order valence-corrected chi connectivity index (χ2v) is 6.14. The van der Waals surface area contributed by atoms with E-state index in [0.717, 1.165) is 24.1 Å². The SMILES string of the molecule is CC[C@H]1[C@H](C)Cc2cc(C(=O)NCCOC)ccc2N1C(C)=O. The second-order valence-electron chi connectivity index (χ2n) is 6.14. The standard InChI is InChI=1S/C18H26N2O3/c1-5-16-12(2)10-15-11-14(18(22)19-8-9-23-4)6-7-17(15)20(16)13(3)21/h6-7,11-12,16H,5,8-10H2,1-4H3,(H,19,22)/t12-,16+/m1/s1. The van der Waals surface area contributed by atoms with Crippen LogP contribution in [0.2, 0.25) is 0 Å². The lowest BCUT2D eigenvalue weighted by molar-refractivity contribution is -0.117. The van der Waals surface area contributed by atoms with Crippen LogP contribution in [0.1, 0.15) is 43.1 Å². The maximum Gasteiger partial charge on any atom is 0.251 e. The van der Waals surface area contributed by atoms with Crippen LogP contribution < -0.4 is 10.2 Å². The molecule has 0 saturated heterocycles. The van der Waals surface area contributed by atoms with E-state index in [9.17, 15) is 9.59 Å². The Morgan fingerprint density at radius 3 is 2.74 bits per heavy atom. The topological polar surface area (TPSA) is 58.6 Å². The van der Waals surface area contributed by atoms with E-state index in [1.54, 1.807) is 20.1 Å². The van der Waals surface area contributed by atoms with Crippen molar-refractivity contribution in [3.63, 3.8) is 0 Å². The van der Waals surface area contributed by atoms with Gasteiger partial charge in [-0.25, -0.2) is 0 Å². The van der Waals surface area contributed by atoms with E-state index in [1.807, 2.05) is 17.0 Å². The zero-order valence-corrected chi connectivity index (χ0v) is 14.4. The number of methoxy groups -OCH3 is 1. The molecule has 0 fully saturated rings. The van der Waals surface area contributed by atoms with Gasteiger partial charge >= 0.3 is 0 Å². The van der Waals surface area contributed by atoms with Crippen LogP contribution in [0.25, 0.3) is 0 Å². The van der Waals surface area contributed by atoms with Gasteiger partial charge in [0.25, 0.3) is 5.91 Å². The van der Waals surface area contributed by atoms with Crippen LogP contribution in [0.15, 0.2) is 18.2 Å². The highest BCUT2D eigenvalue weighted by atomic mass is 16.5. The third-order valence-corrected chi connectivity index (χ3v) is 4.48. The van der Waals surface area contributed by atoms with Crippen LogP contribution in [-0.2, 0) is 16.0 Å². The van der Waals surface area contributed by atoms with Gasteiger partial charge in [0.2, 0.25) is 5.91 Å². The maximum atomic E-state index is 12.2. The van der Waals surface area contributed by atoms with Crippen LogP contribution >= 0.6 is 0 Å². The number of amides is 2. The van der Waals surface area contributed by atoms with Gasteiger partial charge in [-0.3, -0.25) is 9.59 Å². The van der Waals surface area contributed by atoms with Gasteiger partial charge in [0.15, 0.2) is 0 Å². The Hall–Kier alpha value is -1.88. The largest absolute Gasteiger partial charge is 0.383 e. The van der Waals surface area contributed by atoms with Crippen molar-refractivity contribution in [2.24, 2.45) is 5.92 Å². The molecule has 5 heteroatoms. The molecule has 0 radical (unpaired) electrons. The number of ether oxygens (including phenoxy) is 1. The zero-order valence-electron chi connectivity index (χ0n) is 14.4. The predicted octanol–water partition coefficient (Wildman–Crippen LogP) is 2.39. The zero-order chi connectivity index (χ0) is 17.0. The highest BCUT2D eigenvalue weighted by Crippen LogP contribution is 2.35. The van der Waals surface area contributed by atoms with Gasteiger partial charge < -0.3 is 15.0 Å². The minimum Gasteiger partial charge on any atom is -0.383 e. The fraction of sp³-hybridized carbons (Fsp3) is 0.556. The first kappa shape index (κ1) is 17.5. The van der Waals surface area contributed by atoms with Gasteiger partial charge in [0, 0.05) is 37.9 Å². The number of carbonyl (C=O) groups is 2. The molecule has 1 heterocycles. The van der Waals surface area contributed by atoms with Crippen LogP contribution in [0.4, 0.5) is 5.69 Å². The van der Waals surface area contributed by atoms with Gasteiger partial charge in [-0.1, -0.05) is 13.8 Å². The van der Waals surface area contributed by atoms with Gasteiger partial charge in [-0.15, -0.1) is 0 Å². The molecule has 2 amide bonds. The smallest absolute Gasteiger partial charge is 0.251 e. The number of fused-ring (bicyclic) bond motifs is 1. The van der Waals surface area contributed by atoms with Crippen molar-refractivity contribution in [1.29, 1.82) is 0 Å². The minimum atomic E-state index is -0.107. The second kappa shape index (κ2) is 7.59. The summed E-state index contributed by atoms with van der Waals surface area (Å²) in [7, 11) is 1.60. The molecule has 1 aliphatic heterocycles. The summed E-state index contributed by atoms with van der Waals surface area (Å²) in [6, 6.07) is 5.83. The summed E-state index contributed by atoms with van der Waals surface area (Å²) in [6.07, 6.45) is 1.82. The van der Waals surface area contributed by atoms with E-state index in [-0.39, 0.29) is 17.9 Å². The summed E-state index contributed by atoms with van der Waals surface area (Å²) in [5, 5.41) is 2.83. The van der Waals surface area contributed by atoms with Gasteiger partial charge in [-0.2, -0.15) is 0 Å². The Balaban J connectivity index is 2.27. The van der Waals surface area contributed by atoms with E-state index in [0.29, 0.717) is 24.6 Å². The lowest BCUT2D eigenvalue weighted by Crippen LogP contribution is -2.46. The number of carbonyl (C=O) groups excluding carboxylic acids is 2. The Kier molecular flexibility index (Phi) is 5.77. The third kappa shape index (κ3) is 3.72. The van der Waals surface area contributed by atoms with Crippen molar-refractivity contribution in [2.45, 2.75) is 39.7 Å². The van der Waals surface area contributed by atoms with Crippen LogP contribution in [0, 0.1) is 5.92 Å². The highest BCUT2D eigenvalue weighted by molar-refractivity contribution is 5.97. The lowest BCUT2D eigenvalue weighted by atomic mass is 9.84. The Morgan fingerprint density at radius 2 is 2.13 bits per heavy atom. The van der Waals surface area contributed by atoms with E-state index >= 15 is 0 Å². The monoisotopic (exact) mass is 318 g/mol. The summed E-state index contributed by atoms with van der Waals surface area (Å²) < 4.78 is 4.94. The van der Waals surface area contributed by atoms with Crippen LogP contribution in [0.5, 0.6) is 0 Å². The number of nitrogens with zero attached hydrogens (tertiary/aromatic N) is 1. The average molecular weight is 318 g/mol. The molecule has 126 valence electrons. The van der Waals surface area contributed by atoms with Crippen molar-refractivity contribution in [2.75, 3.05) is 25.2 Å².